The van der Waals surface area contributed by atoms with E-state index in [0.29, 0.717) is 0 Å². The Morgan fingerprint density at radius 3 is 2.35 bits per heavy atom. The molecule has 20 heavy (non-hydrogen) atoms. The number of nitrogens with two attached hydrogens (primary N) is 1. The third-order valence-electron chi connectivity index (χ3n) is 2.68. The fourth-order valence-corrected chi connectivity index (χ4v) is 2.84. The number of rotatable bonds is 6. The topological polar surface area (TPSA) is 72.2 Å². The van der Waals surface area contributed by atoms with Crippen molar-refractivity contribution in [2.75, 3.05) is 26.9 Å². The first kappa shape index (κ1) is 16.5. The molecule has 0 heterocycles. The molecule has 0 bridgehead atoms. The summed E-state index contributed by atoms with van der Waals surface area (Å²) in [4.78, 5) is 23.2. The summed E-state index contributed by atoms with van der Waals surface area (Å²) in [5, 5.41) is 1.89. The molecule has 0 radical (unpaired) electrons. The van der Waals surface area contributed by atoms with Gasteiger partial charge in [-0.2, -0.15) is 0 Å². The van der Waals surface area contributed by atoms with Gasteiger partial charge >= 0.3 is 11.9 Å². The molecule has 1 unspecified atom stereocenters. The summed E-state index contributed by atoms with van der Waals surface area (Å²) in [5.41, 5.74) is 6.34. The van der Waals surface area contributed by atoms with Crippen LogP contribution >= 0.6 is 11.8 Å². The maximum atomic E-state index is 12.2. The SMILES string of the molecule is C[N+](C)(C)C(=O)C(NC(N)=O)SCCc1ccccc1. The van der Waals surface area contributed by atoms with Crippen LogP contribution < -0.4 is 11.1 Å². The second-order valence-electron chi connectivity index (χ2n) is 5.35. The van der Waals surface area contributed by atoms with Crippen molar-refractivity contribution in [1.82, 2.24) is 5.32 Å². The number of likely N-dealkylation sites (N-methyl/N-ethyl adjacent to an activating group) is 1. The van der Waals surface area contributed by atoms with Crippen molar-refractivity contribution in [2.45, 2.75) is 11.8 Å². The molecule has 1 rings (SSSR count). The third-order valence-corrected chi connectivity index (χ3v) is 3.77. The number of quaternary nitrogens is 1. The van der Waals surface area contributed by atoms with Crippen LogP contribution in [0.25, 0.3) is 0 Å². The highest BCUT2D eigenvalue weighted by atomic mass is 32.2. The van der Waals surface area contributed by atoms with Gasteiger partial charge in [0.15, 0.2) is 5.37 Å². The molecular weight excluding hydrogens is 274 g/mol. The predicted octanol–water partition coefficient (Wildman–Crippen LogP) is 1.19. The summed E-state index contributed by atoms with van der Waals surface area (Å²) < 4.78 is 0.142. The molecule has 0 saturated carbocycles. The highest BCUT2D eigenvalue weighted by Gasteiger charge is 2.31. The van der Waals surface area contributed by atoms with Crippen molar-refractivity contribution in [3.05, 3.63) is 35.9 Å². The highest BCUT2D eigenvalue weighted by Crippen LogP contribution is 2.15. The smallest absolute Gasteiger partial charge is 0.346 e. The number of benzene rings is 1. The first-order valence-electron chi connectivity index (χ1n) is 6.38. The maximum absolute atomic E-state index is 12.2. The van der Waals surface area contributed by atoms with Crippen LogP contribution in [0, 0.1) is 0 Å². The van der Waals surface area contributed by atoms with Crippen LogP contribution in [0.15, 0.2) is 30.3 Å². The lowest BCUT2D eigenvalue weighted by molar-refractivity contribution is -0.792. The monoisotopic (exact) mass is 296 g/mol. The molecule has 3 N–H and O–H groups in total. The fourth-order valence-electron chi connectivity index (χ4n) is 1.59. The zero-order valence-corrected chi connectivity index (χ0v) is 12.9. The van der Waals surface area contributed by atoms with Crippen molar-refractivity contribution in [1.29, 1.82) is 0 Å². The Morgan fingerprint density at radius 1 is 1.25 bits per heavy atom. The molecule has 0 aromatic heterocycles. The van der Waals surface area contributed by atoms with Gasteiger partial charge < -0.3 is 11.1 Å². The Bertz CT molecular complexity index is 457. The zero-order valence-electron chi connectivity index (χ0n) is 12.1. The van der Waals surface area contributed by atoms with E-state index < -0.39 is 11.4 Å². The van der Waals surface area contributed by atoms with Gasteiger partial charge in [-0.05, 0) is 12.0 Å². The number of carbonyl (C=O) groups excluding carboxylic acids is 2. The average Bonchev–Trinajstić information content (AvgIpc) is 2.36. The quantitative estimate of drug-likeness (QED) is 0.612. The number of primary amides is 1. The lowest BCUT2D eigenvalue weighted by atomic mass is 10.2. The highest BCUT2D eigenvalue weighted by molar-refractivity contribution is 8.00. The number of carbonyl (C=O) groups is 2. The van der Waals surface area contributed by atoms with E-state index in [4.69, 9.17) is 5.73 Å². The summed E-state index contributed by atoms with van der Waals surface area (Å²) in [6.07, 6.45) is 0.840. The van der Waals surface area contributed by atoms with Crippen molar-refractivity contribution < 1.29 is 14.1 Å². The van der Waals surface area contributed by atoms with Crippen LogP contribution in [0.4, 0.5) is 4.79 Å². The molecule has 1 aromatic rings. The largest absolute Gasteiger partial charge is 0.352 e. The lowest BCUT2D eigenvalue weighted by Gasteiger charge is -2.26. The number of amides is 3. The Labute approximate surface area is 124 Å². The summed E-state index contributed by atoms with van der Waals surface area (Å²) in [5.74, 6) is 0.655. The molecule has 1 atom stereocenters. The van der Waals surface area contributed by atoms with Crippen LogP contribution in [0.1, 0.15) is 5.56 Å². The number of thioether (sulfide) groups is 1. The minimum Gasteiger partial charge on any atom is -0.352 e. The normalized spacial score (nSPS) is 12.8. The van der Waals surface area contributed by atoms with Gasteiger partial charge in [0.05, 0.1) is 21.1 Å². The standard InChI is InChI=1S/C14H21N3O2S/c1-17(2,3)13(18)12(16-14(15)19)20-10-9-11-7-5-4-6-8-11/h4-8,12H,9-10H2,1-3H3,(H2-,15,16,19)/p+1. The molecule has 0 spiro atoms. The summed E-state index contributed by atoms with van der Waals surface area (Å²) in [6, 6.07) is 9.34. The molecule has 110 valence electrons. The number of hydrogen-bond donors (Lipinski definition) is 2. The second-order valence-corrected chi connectivity index (χ2v) is 6.56. The Balaban J connectivity index is 2.57. The Morgan fingerprint density at radius 2 is 1.85 bits per heavy atom. The number of urea groups is 1. The van der Waals surface area contributed by atoms with E-state index >= 15 is 0 Å². The second kappa shape index (κ2) is 7.31. The molecule has 6 heteroatoms. The van der Waals surface area contributed by atoms with Gasteiger partial charge in [0.2, 0.25) is 0 Å². The predicted molar refractivity (Wildman–Crippen MR) is 82.2 cm³/mol. The Hall–Kier alpha value is -1.53. The van der Waals surface area contributed by atoms with Gasteiger partial charge in [0.25, 0.3) is 0 Å². The summed E-state index contributed by atoms with van der Waals surface area (Å²) in [6.45, 7) is 0. The maximum Gasteiger partial charge on any atom is 0.346 e. The van der Waals surface area contributed by atoms with E-state index in [9.17, 15) is 9.59 Å². The molecule has 0 aliphatic carbocycles. The fraction of sp³-hybridized carbons (Fsp3) is 0.429. The third kappa shape index (κ3) is 5.63. The van der Waals surface area contributed by atoms with Crippen LogP contribution in [0.3, 0.4) is 0 Å². The molecule has 0 saturated heterocycles. The summed E-state index contributed by atoms with van der Waals surface area (Å²) >= 11 is 1.40. The van der Waals surface area contributed by atoms with E-state index in [2.05, 4.69) is 5.32 Å². The van der Waals surface area contributed by atoms with Crippen LogP contribution in [0.2, 0.25) is 0 Å². The molecule has 0 aliphatic rings. The van der Waals surface area contributed by atoms with Gasteiger partial charge in [0.1, 0.15) is 0 Å². The van der Waals surface area contributed by atoms with Gasteiger partial charge in [-0.3, -0.25) is 4.48 Å². The summed E-state index contributed by atoms with van der Waals surface area (Å²) in [7, 11) is 5.32. The first-order chi connectivity index (χ1) is 9.30. The first-order valence-corrected chi connectivity index (χ1v) is 7.43. The van der Waals surface area contributed by atoms with Crippen molar-refractivity contribution in [3.63, 3.8) is 0 Å². The number of nitrogens with zero attached hydrogens (tertiary/aromatic N) is 1. The van der Waals surface area contributed by atoms with Crippen molar-refractivity contribution >= 4 is 23.7 Å². The van der Waals surface area contributed by atoms with Crippen LogP contribution in [0.5, 0.6) is 0 Å². The van der Waals surface area contributed by atoms with Gasteiger partial charge in [-0.1, -0.05) is 30.3 Å². The number of aryl methyl sites for hydroxylation is 1. The Kier molecular flexibility index (Phi) is 6.04. The molecule has 0 fully saturated rings. The van der Waals surface area contributed by atoms with Gasteiger partial charge in [0, 0.05) is 5.75 Å². The molecule has 1 aromatic carbocycles. The minimum absolute atomic E-state index is 0.0816. The molecular formula is C14H22N3O2S+. The number of nitrogens with one attached hydrogen (secondary N) is 1. The van der Waals surface area contributed by atoms with Crippen molar-refractivity contribution in [2.24, 2.45) is 5.73 Å². The van der Waals surface area contributed by atoms with Crippen LogP contribution in [-0.2, 0) is 11.2 Å². The average molecular weight is 296 g/mol. The van der Waals surface area contributed by atoms with E-state index in [1.54, 1.807) is 21.1 Å². The zero-order chi connectivity index (χ0) is 15.2. The van der Waals surface area contributed by atoms with Crippen LogP contribution in [-0.4, -0.2) is 48.7 Å². The van der Waals surface area contributed by atoms with E-state index in [1.165, 1.54) is 17.3 Å². The molecule has 5 nitrogen and oxygen atoms in total. The lowest BCUT2D eigenvalue weighted by Crippen LogP contribution is -2.53. The molecule has 3 amide bonds. The van der Waals surface area contributed by atoms with Gasteiger partial charge in [-0.25, -0.2) is 9.59 Å². The van der Waals surface area contributed by atoms with Crippen molar-refractivity contribution in [3.8, 4) is 0 Å². The molecule has 0 aliphatic heterocycles. The van der Waals surface area contributed by atoms with Gasteiger partial charge in [-0.15, -0.1) is 11.8 Å². The van der Waals surface area contributed by atoms with E-state index in [0.717, 1.165) is 12.2 Å². The number of hydrogen-bond acceptors (Lipinski definition) is 3. The minimum atomic E-state index is -0.677. The van der Waals surface area contributed by atoms with E-state index in [1.807, 2.05) is 30.3 Å². The van der Waals surface area contributed by atoms with E-state index in [-0.39, 0.29) is 10.4 Å².